The van der Waals surface area contributed by atoms with Gasteiger partial charge in [-0.3, -0.25) is 0 Å². The Labute approximate surface area is 151 Å². The average Bonchev–Trinajstić information content (AvgIpc) is 2.94. The van der Waals surface area contributed by atoms with E-state index >= 15 is 0 Å². The van der Waals surface area contributed by atoms with Gasteiger partial charge >= 0.3 is 0 Å². The Kier molecular flexibility index (Phi) is 7.52. The van der Waals surface area contributed by atoms with Crippen molar-refractivity contribution >= 4 is 15.9 Å². The molecular formula is C19H20BrN2O2-. The van der Waals surface area contributed by atoms with E-state index in [-0.39, 0.29) is 0 Å². The number of benzene rings is 1. The van der Waals surface area contributed by atoms with Crippen LogP contribution < -0.4 is 4.74 Å². The minimum atomic E-state index is 0.447. The first-order chi connectivity index (χ1) is 11.7. The number of ether oxygens (including phenoxy) is 1. The van der Waals surface area contributed by atoms with E-state index in [0.717, 1.165) is 15.6 Å². The van der Waals surface area contributed by atoms with Crippen molar-refractivity contribution in [2.45, 2.75) is 13.0 Å². The number of rotatable bonds is 10. The van der Waals surface area contributed by atoms with Gasteiger partial charge in [-0.05, 0) is 26.7 Å². The predicted molar refractivity (Wildman–Crippen MR) is 100 cm³/mol. The summed E-state index contributed by atoms with van der Waals surface area (Å²) in [6.45, 7) is 9.27. The van der Waals surface area contributed by atoms with E-state index in [2.05, 4.69) is 39.6 Å². The van der Waals surface area contributed by atoms with Crippen LogP contribution in [0.2, 0.25) is 0 Å². The molecule has 2 rings (SSSR count). The molecule has 2 aromatic rings. The lowest BCUT2D eigenvalue weighted by Crippen LogP contribution is -1.95. The molecule has 0 aliphatic carbocycles. The van der Waals surface area contributed by atoms with Crippen LogP contribution in [0.4, 0.5) is 0 Å². The van der Waals surface area contributed by atoms with Crippen molar-refractivity contribution < 1.29 is 9.26 Å². The number of halogens is 1. The summed E-state index contributed by atoms with van der Waals surface area (Å²) >= 11 is 3.48. The van der Waals surface area contributed by atoms with Crippen LogP contribution in [-0.2, 0) is 13.0 Å². The van der Waals surface area contributed by atoms with E-state index < -0.39 is 0 Å². The summed E-state index contributed by atoms with van der Waals surface area (Å²) < 4.78 is 11.7. The Morgan fingerprint density at radius 1 is 1.33 bits per heavy atom. The summed E-state index contributed by atoms with van der Waals surface area (Å²) in [5.74, 6) is 1.17. The number of aromatic nitrogens is 1. The maximum atomic E-state index is 5.68. The standard InChI is InChI=1S/C19H20BrN2O2/c1-3-12-21-13-15(2)8-7-11-17-18(20)19(22-24-17)23-14-16-9-5-4-6-10-16/h3-10H,1-2,11-14H2/q-1/b8-7-. The monoisotopic (exact) mass is 387 g/mol. The highest BCUT2D eigenvalue weighted by atomic mass is 79.9. The van der Waals surface area contributed by atoms with Gasteiger partial charge in [-0.1, -0.05) is 54.6 Å². The van der Waals surface area contributed by atoms with Gasteiger partial charge in [0.15, 0.2) is 5.76 Å². The van der Waals surface area contributed by atoms with E-state index in [0.29, 0.717) is 37.8 Å². The Balaban J connectivity index is 1.83. The molecule has 0 saturated heterocycles. The van der Waals surface area contributed by atoms with Crippen molar-refractivity contribution in [2.24, 2.45) is 0 Å². The van der Waals surface area contributed by atoms with E-state index in [1.165, 1.54) is 0 Å². The molecule has 1 heterocycles. The molecule has 0 saturated carbocycles. The zero-order valence-electron chi connectivity index (χ0n) is 13.5. The third-order valence-corrected chi connectivity index (χ3v) is 3.90. The second-order valence-corrected chi connectivity index (χ2v) is 5.91. The van der Waals surface area contributed by atoms with Crippen LogP contribution in [0, 0.1) is 0 Å². The molecule has 0 radical (unpaired) electrons. The minimum absolute atomic E-state index is 0.447. The van der Waals surface area contributed by atoms with Gasteiger partial charge in [-0.2, -0.15) is 0 Å². The van der Waals surface area contributed by atoms with Gasteiger partial charge in [0, 0.05) is 6.42 Å². The van der Waals surface area contributed by atoms with Gasteiger partial charge in [-0.15, -0.1) is 25.7 Å². The van der Waals surface area contributed by atoms with Crippen LogP contribution in [0.25, 0.3) is 5.32 Å². The van der Waals surface area contributed by atoms with Crippen molar-refractivity contribution in [1.29, 1.82) is 0 Å². The molecule has 0 aliphatic heterocycles. The third-order valence-electron chi connectivity index (χ3n) is 3.12. The van der Waals surface area contributed by atoms with Crippen LogP contribution in [0.15, 0.2) is 76.3 Å². The van der Waals surface area contributed by atoms with Gasteiger partial charge in [0.25, 0.3) is 5.88 Å². The van der Waals surface area contributed by atoms with Crippen LogP contribution in [-0.4, -0.2) is 18.2 Å². The fourth-order valence-electron chi connectivity index (χ4n) is 1.92. The SMILES string of the molecule is C=CC[N-]CC(=C)/C=C\Cc1onc(OCc2ccccc2)c1Br. The smallest absolute Gasteiger partial charge is 0.269 e. The summed E-state index contributed by atoms with van der Waals surface area (Å²) in [7, 11) is 0. The van der Waals surface area contributed by atoms with Gasteiger partial charge in [0.05, 0.1) is 0 Å². The number of nitrogens with zero attached hydrogens (tertiary/aromatic N) is 2. The quantitative estimate of drug-likeness (QED) is 0.318. The fraction of sp³-hybridized carbons (Fsp3) is 0.211. The molecule has 1 aromatic carbocycles. The van der Waals surface area contributed by atoms with E-state index in [1.54, 1.807) is 6.08 Å². The molecule has 5 heteroatoms. The summed E-state index contributed by atoms with van der Waals surface area (Å²) in [6, 6.07) is 9.92. The van der Waals surface area contributed by atoms with Crippen molar-refractivity contribution in [2.75, 3.05) is 13.1 Å². The molecule has 126 valence electrons. The largest absolute Gasteiger partial charge is 0.655 e. The lowest BCUT2D eigenvalue weighted by Gasteiger charge is -2.15. The first-order valence-corrected chi connectivity index (χ1v) is 8.39. The number of hydrogen-bond acceptors (Lipinski definition) is 3. The van der Waals surface area contributed by atoms with Gasteiger partial charge in [-0.25, -0.2) is 0 Å². The zero-order chi connectivity index (χ0) is 17.2. The lowest BCUT2D eigenvalue weighted by atomic mass is 10.2. The van der Waals surface area contributed by atoms with E-state index in [9.17, 15) is 0 Å². The highest BCUT2D eigenvalue weighted by Gasteiger charge is 2.13. The highest BCUT2D eigenvalue weighted by molar-refractivity contribution is 9.10. The Morgan fingerprint density at radius 3 is 2.88 bits per heavy atom. The summed E-state index contributed by atoms with van der Waals surface area (Å²) in [6.07, 6.45) is 6.27. The Hall–Kier alpha value is -2.11. The predicted octanol–water partition coefficient (Wildman–Crippen LogP) is 5.23. The van der Waals surface area contributed by atoms with Gasteiger partial charge < -0.3 is 14.6 Å². The summed E-state index contributed by atoms with van der Waals surface area (Å²) in [5, 5.41) is 8.22. The van der Waals surface area contributed by atoms with Crippen molar-refractivity contribution in [3.05, 3.63) is 88.4 Å². The normalized spacial score (nSPS) is 10.9. The van der Waals surface area contributed by atoms with Gasteiger partial charge in [0.1, 0.15) is 11.1 Å². The molecule has 0 bridgehead atoms. The topological polar surface area (TPSA) is 49.4 Å². The first kappa shape index (κ1) is 18.2. The molecule has 4 nitrogen and oxygen atoms in total. The van der Waals surface area contributed by atoms with Gasteiger partial charge in [0.2, 0.25) is 0 Å². The highest BCUT2D eigenvalue weighted by Crippen LogP contribution is 2.29. The van der Waals surface area contributed by atoms with Crippen LogP contribution in [0.3, 0.4) is 0 Å². The zero-order valence-corrected chi connectivity index (χ0v) is 15.0. The molecule has 0 aliphatic rings. The number of allylic oxidation sites excluding steroid dienone is 1. The molecular weight excluding hydrogens is 368 g/mol. The maximum Gasteiger partial charge on any atom is 0.269 e. The minimum Gasteiger partial charge on any atom is -0.655 e. The summed E-state index contributed by atoms with van der Waals surface area (Å²) in [4.78, 5) is 0. The van der Waals surface area contributed by atoms with Crippen LogP contribution in [0.5, 0.6) is 5.88 Å². The Morgan fingerprint density at radius 2 is 2.12 bits per heavy atom. The van der Waals surface area contributed by atoms with E-state index in [4.69, 9.17) is 9.26 Å². The van der Waals surface area contributed by atoms with Crippen molar-refractivity contribution in [3.63, 3.8) is 0 Å². The molecule has 0 spiro atoms. The van der Waals surface area contributed by atoms with E-state index in [1.807, 2.05) is 42.5 Å². The van der Waals surface area contributed by atoms with Crippen LogP contribution >= 0.6 is 15.9 Å². The third kappa shape index (κ3) is 5.83. The fourth-order valence-corrected chi connectivity index (χ4v) is 2.34. The first-order valence-electron chi connectivity index (χ1n) is 7.60. The molecule has 0 amide bonds. The Bertz CT molecular complexity index is 693. The molecule has 0 unspecified atom stereocenters. The molecule has 0 N–H and O–H groups in total. The number of hydrogen-bond donors (Lipinski definition) is 0. The maximum absolute atomic E-state index is 5.68. The second kappa shape index (κ2) is 9.90. The second-order valence-electron chi connectivity index (χ2n) is 5.12. The summed E-state index contributed by atoms with van der Waals surface area (Å²) in [5.41, 5.74) is 2.02. The van der Waals surface area contributed by atoms with Crippen molar-refractivity contribution in [1.82, 2.24) is 5.16 Å². The van der Waals surface area contributed by atoms with Crippen LogP contribution in [0.1, 0.15) is 11.3 Å². The average molecular weight is 388 g/mol. The molecule has 0 atom stereocenters. The molecule has 0 fully saturated rings. The lowest BCUT2D eigenvalue weighted by molar-refractivity contribution is 0.266. The van der Waals surface area contributed by atoms with Crippen molar-refractivity contribution in [3.8, 4) is 5.88 Å². The molecule has 24 heavy (non-hydrogen) atoms. The molecule has 1 aromatic heterocycles.